The van der Waals surface area contributed by atoms with Gasteiger partial charge in [0, 0.05) is 30.1 Å². The Morgan fingerprint density at radius 3 is 2.19 bits per heavy atom. The van der Waals surface area contributed by atoms with E-state index in [0.717, 1.165) is 18.4 Å². The van der Waals surface area contributed by atoms with Crippen molar-refractivity contribution in [1.82, 2.24) is 4.90 Å². The largest absolute Gasteiger partial charge is 0.496 e. The first-order valence-electron chi connectivity index (χ1n) is 10.7. The van der Waals surface area contributed by atoms with E-state index in [1.165, 1.54) is 5.56 Å². The second kappa shape index (κ2) is 12.0. The van der Waals surface area contributed by atoms with Crippen molar-refractivity contribution < 1.29 is 24.2 Å². The van der Waals surface area contributed by atoms with Crippen LogP contribution in [-0.2, 0) is 11.2 Å². The summed E-state index contributed by atoms with van der Waals surface area (Å²) in [5.74, 6) is 0.283. The number of nitrogens with zero attached hydrogens (tertiary/aromatic N) is 1. The standard InChI is InChI=1S/C25H33NO5/c1-18(10-8-14-24(27)28)26(15-9-13-20-11-6-5-7-12-20)25(29)21-16-22(30-3)19(2)23(17-21)31-4/h5-7,11-12,16-18H,8-10,13-15H2,1-4H3,(H,27,28). The first-order valence-corrected chi connectivity index (χ1v) is 10.7. The summed E-state index contributed by atoms with van der Waals surface area (Å²) in [7, 11) is 3.14. The molecule has 6 heteroatoms. The Morgan fingerprint density at radius 2 is 1.65 bits per heavy atom. The van der Waals surface area contributed by atoms with Crippen molar-refractivity contribution in [3.63, 3.8) is 0 Å². The van der Waals surface area contributed by atoms with Crippen LogP contribution in [0.1, 0.15) is 54.1 Å². The first kappa shape index (κ1) is 24.3. The molecule has 0 heterocycles. The average molecular weight is 428 g/mol. The topological polar surface area (TPSA) is 76.1 Å². The van der Waals surface area contributed by atoms with Crippen LogP contribution in [0.4, 0.5) is 0 Å². The molecule has 168 valence electrons. The van der Waals surface area contributed by atoms with Crippen molar-refractivity contribution in [3.8, 4) is 11.5 Å². The van der Waals surface area contributed by atoms with E-state index in [9.17, 15) is 9.59 Å². The van der Waals surface area contributed by atoms with Gasteiger partial charge >= 0.3 is 5.97 Å². The number of ether oxygens (including phenoxy) is 2. The predicted octanol–water partition coefficient (Wildman–Crippen LogP) is 4.73. The summed E-state index contributed by atoms with van der Waals surface area (Å²) in [6.45, 7) is 4.45. The van der Waals surface area contributed by atoms with Crippen LogP contribution in [0.25, 0.3) is 0 Å². The number of amides is 1. The fourth-order valence-electron chi connectivity index (χ4n) is 3.70. The minimum absolute atomic E-state index is 0.0825. The molecule has 0 aliphatic carbocycles. The van der Waals surface area contributed by atoms with Gasteiger partial charge in [-0.2, -0.15) is 0 Å². The highest BCUT2D eigenvalue weighted by molar-refractivity contribution is 5.95. The molecule has 2 aromatic carbocycles. The molecule has 0 saturated carbocycles. The molecule has 0 spiro atoms. The van der Waals surface area contributed by atoms with Crippen LogP contribution >= 0.6 is 0 Å². The second-order valence-electron chi connectivity index (χ2n) is 7.73. The van der Waals surface area contributed by atoms with E-state index in [1.54, 1.807) is 26.4 Å². The summed E-state index contributed by atoms with van der Waals surface area (Å²) in [6.07, 6.45) is 2.94. The molecule has 1 atom stereocenters. The lowest BCUT2D eigenvalue weighted by Gasteiger charge is -2.30. The van der Waals surface area contributed by atoms with Crippen molar-refractivity contribution in [2.45, 2.75) is 52.0 Å². The van der Waals surface area contributed by atoms with Gasteiger partial charge in [0.05, 0.1) is 14.2 Å². The fourth-order valence-corrected chi connectivity index (χ4v) is 3.70. The molecule has 0 bridgehead atoms. The number of carboxylic acid groups (broad SMARTS) is 1. The maximum Gasteiger partial charge on any atom is 0.303 e. The highest BCUT2D eigenvalue weighted by Crippen LogP contribution is 2.30. The van der Waals surface area contributed by atoms with Crippen molar-refractivity contribution in [2.75, 3.05) is 20.8 Å². The molecule has 0 fully saturated rings. The number of aryl methyl sites for hydroxylation is 1. The Morgan fingerprint density at radius 1 is 1.03 bits per heavy atom. The lowest BCUT2D eigenvalue weighted by molar-refractivity contribution is -0.137. The highest BCUT2D eigenvalue weighted by Gasteiger charge is 2.23. The van der Waals surface area contributed by atoms with Crippen LogP contribution in [-0.4, -0.2) is 48.7 Å². The Kier molecular flexibility index (Phi) is 9.38. The van der Waals surface area contributed by atoms with E-state index in [2.05, 4.69) is 12.1 Å². The number of carbonyl (C=O) groups excluding carboxylic acids is 1. The molecular weight excluding hydrogens is 394 g/mol. The third-order valence-corrected chi connectivity index (χ3v) is 5.51. The third-order valence-electron chi connectivity index (χ3n) is 5.51. The fraction of sp³-hybridized carbons (Fsp3) is 0.440. The van der Waals surface area contributed by atoms with Crippen molar-refractivity contribution in [1.29, 1.82) is 0 Å². The summed E-state index contributed by atoms with van der Waals surface area (Å²) in [6, 6.07) is 13.6. The van der Waals surface area contributed by atoms with Gasteiger partial charge in [0.25, 0.3) is 5.91 Å². The number of carboxylic acids is 1. The predicted molar refractivity (Wildman–Crippen MR) is 121 cm³/mol. The number of methoxy groups -OCH3 is 2. The van der Waals surface area contributed by atoms with Gasteiger partial charge in [-0.15, -0.1) is 0 Å². The molecular formula is C25H33NO5. The summed E-state index contributed by atoms with van der Waals surface area (Å²) in [5, 5.41) is 8.95. The van der Waals surface area contributed by atoms with Gasteiger partial charge < -0.3 is 19.5 Å². The molecule has 0 saturated heterocycles. The maximum atomic E-state index is 13.5. The van der Waals surface area contributed by atoms with Gasteiger partial charge in [-0.05, 0) is 57.2 Å². The van der Waals surface area contributed by atoms with E-state index in [1.807, 2.05) is 36.9 Å². The zero-order chi connectivity index (χ0) is 22.8. The number of benzene rings is 2. The Balaban J connectivity index is 2.21. The van der Waals surface area contributed by atoms with Gasteiger partial charge in [0.15, 0.2) is 0 Å². The molecule has 1 N–H and O–H groups in total. The summed E-state index contributed by atoms with van der Waals surface area (Å²) in [5.41, 5.74) is 2.57. The third kappa shape index (κ3) is 7.02. The Bertz CT molecular complexity index is 840. The number of aliphatic carboxylic acids is 1. The monoisotopic (exact) mass is 427 g/mol. The van der Waals surface area contributed by atoms with E-state index in [-0.39, 0.29) is 18.4 Å². The van der Waals surface area contributed by atoms with Crippen LogP contribution in [0.3, 0.4) is 0 Å². The van der Waals surface area contributed by atoms with Crippen LogP contribution in [0.15, 0.2) is 42.5 Å². The quantitative estimate of drug-likeness (QED) is 0.530. The van der Waals surface area contributed by atoms with E-state index in [4.69, 9.17) is 14.6 Å². The molecule has 0 aliphatic heterocycles. The SMILES string of the molecule is COc1cc(C(=O)N(CCCc2ccccc2)C(C)CCCC(=O)O)cc(OC)c1C. The van der Waals surface area contributed by atoms with Gasteiger partial charge in [-0.3, -0.25) is 9.59 Å². The van der Waals surface area contributed by atoms with Gasteiger partial charge in [-0.1, -0.05) is 30.3 Å². The maximum absolute atomic E-state index is 13.5. The van der Waals surface area contributed by atoms with E-state index < -0.39 is 5.97 Å². The van der Waals surface area contributed by atoms with Crippen LogP contribution in [0.2, 0.25) is 0 Å². The molecule has 0 aliphatic rings. The molecule has 0 radical (unpaired) electrons. The van der Waals surface area contributed by atoms with Crippen LogP contribution in [0.5, 0.6) is 11.5 Å². The molecule has 2 aromatic rings. The molecule has 2 rings (SSSR count). The van der Waals surface area contributed by atoms with Crippen molar-refractivity contribution in [2.24, 2.45) is 0 Å². The second-order valence-corrected chi connectivity index (χ2v) is 7.73. The molecule has 0 aromatic heterocycles. The summed E-state index contributed by atoms with van der Waals surface area (Å²) >= 11 is 0. The van der Waals surface area contributed by atoms with Gasteiger partial charge in [0.2, 0.25) is 0 Å². The van der Waals surface area contributed by atoms with Crippen molar-refractivity contribution in [3.05, 3.63) is 59.2 Å². The number of hydrogen-bond donors (Lipinski definition) is 1. The Labute approximate surface area is 184 Å². The number of carbonyl (C=O) groups is 2. The van der Waals surface area contributed by atoms with E-state index in [0.29, 0.717) is 36.4 Å². The lowest BCUT2D eigenvalue weighted by Crippen LogP contribution is -2.39. The van der Waals surface area contributed by atoms with Crippen molar-refractivity contribution >= 4 is 11.9 Å². The first-order chi connectivity index (χ1) is 14.9. The van der Waals surface area contributed by atoms with Gasteiger partial charge in [0.1, 0.15) is 11.5 Å². The number of hydrogen-bond acceptors (Lipinski definition) is 4. The smallest absolute Gasteiger partial charge is 0.303 e. The Hall–Kier alpha value is -3.02. The zero-order valence-electron chi connectivity index (χ0n) is 18.9. The lowest BCUT2D eigenvalue weighted by atomic mass is 10.0. The highest BCUT2D eigenvalue weighted by atomic mass is 16.5. The molecule has 1 amide bonds. The average Bonchev–Trinajstić information content (AvgIpc) is 2.76. The zero-order valence-corrected chi connectivity index (χ0v) is 18.9. The number of rotatable bonds is 12. The molecule has 31 heavy (non-hydrogen) atoms. The summed E-state index contributed by atoms with van der Waals surface area (Å²) in [4.78, 5) is 26.2. The molecule has 6 nitrogen and oxygen atoms in total. The minimum atomic E-state index is -0.817. The van der Waals surface area contributed by atoms with E-state index >= 15 is 0 Å². The van der Waals surface area contributed by atoms with Gasteiger partial charge in [-0.25, -0.2) is 0 Å². The van der Waals surface area contributed by atoms with Crippen LogP contribution in [0, 0.1) is 6.92 Å². The molecule has 1 unspecified atom stereocenters. The minimum Gasteiger partial charge on any atom is -0.496 e. The summed E-state index contributed by atoms with van der Waals surface area (Å²) < 4.78 is 10.9. The normalized spacial score (nSPS) is 11.6. The van der Waals surface area contributed by atoms with Crippen LogP contribution < -0.4 is 9.47 Å².